The molecule has 2 atom stereocenters. The molecule has 4 nitrogen and oxygen atoms in total. The lowest BCUT2D eigenvalue weighted by atomic mass is 9.86. The number of rotatable bonds is 4. The third kappa shape index (κ3) is 4.39. The lowest BCUT2D eigenvalue weighted by Crippen LogP contribution is -2.45. The van der Waals surface area contributed by atoms with Crippen LogP contribution in [0.1, 0.15) is 39.5 Å². The van der Waals surface area contributed by atoms with Crippen LogP contribution in [0.2, 0.25) is 0 Å². The van der Waals surface area contributed by atoms with Crippen molar-refractivity contribution in [1.29, 1.82) is 0 Å². The summed E-state index contributed by atoms with van der Waals surface area (Å²) in [5.74, 6) is 0.487. The summed E-state index contributed by atoms with van der Waals surface area (Å²) >= 11 is 0. The summed E-state index contributed by atoms with van der Waals surface area (Å²) < 4.78 is 20.3. The molecule has 3 N–H and O–H groups in total. The molecule has 3 rings (SSSR count). The zero-order valence-electron chi connectivity index (χ0n) is 14.8. The van der Waals surface area contributed by atoms with Crippen LogP contribution in [0, 0.1) is 11.7 Å². The van der Waals surface area contributed by atoms with Gasteiger partial charge in [-0.05, 0) is 63.6 Å². The Balaban J connectivity index is 1.58. The van der Waals surface area contributed by atoms with Crippen molar-refractivity contribution < 1.29 is 9.13 Å². The second kappa shape index (κ2) is 7.70. The number of hydrogen-bond donors (Lipinski definition) is 2. The minimum absolute atomic E-state index is 0.128. The Labute approximate surface area is 144 Å². The summed E-state index contributed by atoms with van der Waals surface area (Å²) in [6.45, 7) is 6.43. The van der Waals surface area contributed by atoms with Gasteiger partial charge in [0.05, 0.1) is 17.9 Å². The van der Waals surface area contributed by atoms with Gasteiger partial charge in [0.15, 0.2) is 0 Å². The maximum atomic E-state index is 14.6. The Morgan fingerprint density at radius 3 is 2.46 bits per heavy atom. The maximum absolute atomic E-state index is 14.6. The van der Waals surface area contributed by atoms with E-state index in [1.165, 1.54) is 0 Å². The Kier molecular flexibility index (Phi) is 5.61. The molecule has 1 saturated carbocycles. The molecular weight excluding hydrogens is 305 g/mol. The fourth-order valence-electron chi connectivity index (χ4n) is 3.90. The number of benzene rings is 1. The first-order valence-corrected chi connectivity index (χ1v) is 9.20. The minimum atomic E-state index is -0.160. The SMILES string of the molecule is CC1CN(c2ccc(NCC3CCC(N)CC3)cc2F)CC(C)O1. The van der Waals surface area contributed by atoms with Crippen molar-refractivity contribution in [2.24, 2.45) is 11.7 Å². The Morgan fingerprint density at radius 2 is 1.83 bits per heavy atom. The largest absolute Gasteiger partial charge is 0.385 e. The molecule has 1 aromatic rings. The molecule has 1 aliphatic carbocycles. The van der Waals surface area contributed by atoms with E-state index in [1.807, 2.05) is 26.0 Å². The van der Waals surface area contributed by atoms with Crippen LogP contribution < -0.4 is 16.0 Å². The second-order valence-electron chi connectivity index (χ2n) is 7.49. The number of morpholine rings is 1. The number of nitrogens with one attached hydrogen (secondary N) is 1. The highest BCUT2D eigenvalue weighted by atomic mass is 19.1. The highest BCUT2D eigenvalue weighted by Crippen LogP contribution is 2.27. The van der Waals surface area contributed by atoms with Crippen molar-refractivity contribution in [3.05, 3.63) is 24.0 Å². The van der Waals surface area contributed by atoms with E-state index < -0.39 is 0 Å². The average molecular weight is 335 g/mol. The predicted molar refractivity (Wildman–Crippen MR) is 97.0 cm³/mol. The van der Waals surface area contributed by atoms with E-state index in [4.69, 9.17) is 10.5 Å². The van der Waals surface area contributed by atoms with Gasteiger partial charge in [0, 0.05) is 31.4 Å². The van der Waals surface area contributed by atoms with E-state index >= 15 is 0 Å². The lowest BCUT2D eigenvalue weighted by molar-refractivity contribution is -0.00539. The van der Waals surface area contributed by atoms with Crippen LogP contribution in [0.15, 0.2) is 18.2 Å². The highest BCUT2D eigenvalue weighted by molar-refractivity contribution is 5.56. The molecule has 24 heavy (non-hydrogen) atoms. The zero-order chi connectivity index (χ0) is 17.1. The molecule has 1 aromatic carbocycles. The fraction of sp³-hybridized carbons (Fsp3) is 0.684. The van der Waals surface area contributed by atoms with Gasteiger partial charge in [0.2, 0.25) is 0 Å². The van der Waals surface area contributed by atoms with Gasteiger partial charge in [-0.1, -0.05) is 0 Å². The molecule has 1 aliphatic heterocycles. The van der Waals surface area contributed by atoms with Gasteiger partial charge in [0.25, 0.3) is 0 Å². The molecule has 0 aromatic heterocycles. The van der Waals surface area contributed by atoms with Crippen molar-refractivity contribution in [2.45, 2.75) is 57.8 Å². The number of ether oxygens (including phenoxy) is 1. The number of halogens is 1. The maximum Gasteiger partial charge on any atom is 0.148 e. The molecule has 2 fully saturated rings. The van der Waals surface area contributed by atoms with Crippen LogP contribution in [-0.2, 0) is 4.74 Å². The predicted octanol–water partition coefficient (Wildman–Crippen LogP) is 3.37. The van der Waals surface area contributed by atoms with Crippen LogP contribution >= 0.6 is 0 Å². The number of anilines is 2. The Bertz CT molecular complexity index is 535. The number of nitrogens with two attached hydrogens (primary N) is 1. The molecule has 1 heterocycles. The summed E-state index contributed by atoms with van der Waals surface area (Å²) in [5, 5.41) is 3.39. The molecule has 0 amide bonds. The number of nitrogens with zero attached hydrogens (tertiary/aromatic N) is 1. The van der Waals surface area contributed by atoms with Crippen LogP contribution in [-0.4, -0.2) is 37.9 Å². The van der Waals surface area contributed by atoms with Gasteiger partial charge in [-0.2, -0.15) is 0 Å². The van der Waals surface area contributed by atoms with E-state index in [2.05, 4.69) is 10.2 Å². The fourth-order valence-corrected chi connectivity index (χ4v) is 3.90. The van der Waals surface area contributed by atoms with E-state index in [-0.39, 0.29) is 18.0 Å². The van der Waals surface area contributed by atoms with Crippen molar-refractivity contribution in [3.8, 4) is 0 Å². The van der Waals surface area contributed by atoms with Crippen LogP contribution in [0.25, 0.3) is 0 Å². The molecule has 1 saturated heterocycles. The molecule has 2 unspecified atom stereocenters. The molecule has 0 radical (unpaired) electrons. The van der Waals surface area contributed by atoms with E-state index in [0.717, 1.165) is 51.0 Å². The first-order chi connectivity index (χ1) is 11.5. The molecule has 0 bridgehead atoms. The van der Waals surface area contributed by atoms with E-state index in [0.29, 0.717) is 17.6 Å². The summed E-state index contributed by atoms with van der Waals surface area (Å²) in [6, 6.07) is 5.86. The van der Waals surface area contributed by atoms with Crippen molar-refractivity contribution in [3.63, 3.8) is 0 Å². The summed E-state index contributed by atoms with van der Waals surface area (Å²) in [7, 11) is 0. The van der Waals surface area contributed by atoms with Gasteiger partial charge in [-0.25, -0.2) is 4.39 Å². The van der Waals surface area contributed by atoms with Crippen molar-refractivity contribution in [2.75, 3.05) is 29.9 Å². The van der Waals surface area contributed by atoms with Gasteiger partial charge >= 0.3 is 0 Å². The minimum Gasteiger partial charge on any atom is -0.385 e. The van der Waals surface area contributed by atoms with Crippen molar-refractivity contribution >= 4 is 11.4 Å². The van der Waals surface area contributed by atoms with Gasteiger partial charge in [0.1, 0.15) is 5.82 Å². The first-order valence-electron chi connectivity index (χ1n) is 9.20. The highest BCUT2D eigenvalue weighted by Gasteiger charge is 2.24. The molecule has 2 aliphatic rings. The van der Waals surface area contributed by atoms with Gasteiger partial charge < -0.3 is 20.7 Å². The van der Waals surface area contributed by atoms with Crippen LogP contribution in [0.3, 0.4) is 0 Å². The quantitative estimate of drug-likeness (QED) is 0.886. The first kappa shape index (κ1) is 17.5. The van der Waals surface area contributed by atoms with Crippen molar-refractivity contribution in [1.82, 2.24) is 0 Å². The monoisotopic (exact) mass is 335 g/mol. The molecule has 5 heteroatoms. The van der Waals surface area contributed by atoms with Crippen LogP contribution in [0.5, 0.6) is 0 Å². The topological polar surface area (TPSA) is 50.5 Å². The summed E-state index contributed by atoms with van der Waals surface area (Å²) in [4.78, 5) is 2.08. The molecule has 0 spiro atoms. The third-order valence-electron chi connectivity index (χ3n) is 5.19. The van der Waals surface area contributed by atoms with Crippen LogP contribution in [0.4, 0.5) is 15.8 Å². The third-order valence-corrected chi connectivity index (χ3v) is 5.19. The average Bonchev–Trinajstić information content (AvgIpc) is 2.53. The number of hydrogen-bond acceptors (Lipinski definition) is 4. The van der Waals surface area contributed by atoms with Gasteiger partial charge in [-0.3, -0.25) is 0 Å². The Morgan fingerprint density at radius 1 is 1.17 bits per heavy atom. The summed E-state index contributed by atoms with van der Waals surface area (Å²) in [5.41, 5.74) is 7.48. The smallest absolute Gasteiger partial charge is 0.148 e. The molecule has 134 valence electrons. The Hall–Kier alpha value is -1.33. The standard InChI is InChI=1S/C19H30FN3O/c1-13-11-23(12-14(2)24-13)19-8-7-17(9-18(19)20)22-10-15-3-5-16(21)6-4-15/h7-9,13-16,22H,3-6,10-12,21H2,1-2H3. The van der Waals surface area contributed by atoms with E-state index in [9.17, 15) is 4.39 Å². The summed E-state index contributed by atoms with van der Waals surface area (Å²) in [6.07, 6.45) is 4.80. The molecular formula is C19H30FN3O. The normalized spacial score (nSPS) is 31.1. The zero-order valence-corrected chi connectivity index (χ0v) is 14.8. The second-order valence-corrected chi connectivity index (χ2v) is 7.49. The lowest BCUT2D eigenvalue weighted by Gasteiger charge is -2.37. The van der Waals surface area contributed by atoms with E-state index in [1.54, 1.807) is 6.07 Å². The van der Waals surface area contributed by atoms with Gasteiger partial charge in [-0.15, -0.1) is 0 Å².